The Morgan fingerprint density at radius 2 is 1.50 bits per heavy atom. The van der Waals surface area contributed by atoms with Crippen molar-refractivity contribution in [2.75, 3.05) is 41.1 Å². The summed E-state index contributed by atoms with van der Waals surface area (Å²) in [5.74, 6) is 5.60. The molecule has 234 valence electrons. The van der Waals surface area contributed by atoms with Gasteiger partial charge in [0.05, 0.1) is 29.0 Å². The van der Waals surface area contributed by atoms with Gasteiger partial charge < -0.3 is 18.9 Å². The maximum absolute atomic E-state index is 11.9. The molecule has 12 heteroatoms. The predicted octanol–water partition coefficient (Wildman–Crippen LogP) is 7.12. The summed E-state index contributed by atoms with van der Waals surface area (Å²) in [5.41, 5.74) is 1.78. The molecule has 0 radical (unpaired) electrons. The molecule has 2 saturated heterocycles. The van der Waals surface area contributed by atoms with Gasteiger partial charge in [-0.15, -0.1) is 58.8 Å². The van der Waals surface area contributed by atoms with E-state index in [0.717, 1.165) is 23.3 Å². The van der Waals surface area contributed by atoms with Crippen LogP contribution < -0.4 is 0 Å². The Balaban J connectivity index is 1.44. The average molecular weight is 691 g/mol. The molecular weight excluding hydrogens is 649 g/mol. The Bertz CT molecular complexity index is 968. The standard InChI is InChI=1S/C30H42O6S6/c1-5-26(31)35-21(3)29(39-12-11-28-37-13-14-38-28)34-18-24-9-7-23(8-10-24)17-33-19-25(36-27(32)6-2)20-42-22(4)30-40-15-16-41-30/h5-10,21-22,25,28-30H,1-2,11-20H2,3-4H3. The minimum Gasteiger partial charge on any atom is -0.456 e. The van der Waals surface area contributed by atoms with Gasteiger partial charge in [0.1, 0.15) is 17.6 Å². The van der Waals surface area contributed by atoms with Gasteiger partial charge in [-0.2, -0.15) is 11.8 Å². The van der Waals surface area contributed by atoms with Crippen molar-refractivity contribution in [2.45, 2.75) is 65.5 Å². The normalized spacial score (nSPS) is 18.7. The lowest BCUT2D eigenvalue weighted by atomic mass is 10.1. The first-order valence-electron chi connectivity index (χ1n) is 14.0. The number of ether oxygens (including phenoxy) is 4. The Morgan fingerprint density at radius 3 is 2.14 bits per heavy atom. The van der Waals surface area contributed by atoms with Gasteiger partial charge >= 0.3 is 11.9 Å². The second kappa shape index (κ2) is 20.6. The minimum atomic E-state index is -0.440. The van der Waals surface area contributed by atoms with Crippen molar-refractivity contribution in [2.24, 2.45) is 0 Å². The molecule has 0 N–H and O–H groups in total. The van der Waals surface area contributed by atoms with Crippen LogP contribution in [0.1, 0.15) is 31.4 Å². The van der Waals surface area contributed by atoms with Gasteiger partial charge in [0.25, 0.3) is 0 Å². The molecule has 0 aliphatic carbocycles. The summed E-state index contributed by atoms with van der Waals surface area (Å²) in [6.45, 7) is 12.3. The van der Waals surface area contributed by atoms with Crippen LogP contribution in [-0.4, -0.2) is 85.1 Å². The van der Waals surface area contributed by atoms with Crippen molar-refractivity contribution in [1.29, 1.82) is 0 Å². The molecule has 2 aliphatic heterocycles. The van der Waals surface area contributed by atoms with E-state index in [9.17, 15) is 9.59 Å². The van der Waals surface area contributed by atoms with Crippen LogP contribution in [-0.2, 0) is 41.8 Å². The van der Waals surface area contributed by atoms with Gasteiger partial charge in [-0.1, -0.05) is 44.3 Å². The zero-order valence-electron chi connectivity index (χ0n) is 24.3. The van der Waals surface area contributed by atoms with Gasteiger partial charge in [0.2, 0.25) is 0 Å². The van der Waals surface area contributed by atoms with Gasteiger partial charge in [0.15, 0.2) is 0 Å². The summed E-state index contributed by atoms with van der Waals surface area (Å²) in [6.07, 6.45) is 2.76. The quantitative estimate of drug-likeness (QED) is 0.0795. The van der Waals surface area contributed by atoms with Crippen LogP contribution in [0.2, 0.25) is 0 Å². The van der Waals surface area contributed by atoms with Gasteiger partial charge in [-0.25, -0.2) is 9.59 Å². The fourth-order valence-corrected chi connectivity index (χ4v) is 12.7. The third-order valence-electron chi connectivity index (χ3n) is 6.21. The maximum atomic E-state index is 11.9. The van der Waals surface area contributed by atoms with Crippen LogP contribution in [0.15, 0.2) is 49.6 Å². The zero-order valence-corrected chi connectivity index (χ0v) is 29.2. The van der Waals surface area contributed by atoms with E-state index >= 15 is 0 Å². The predicted molar refractivity (Wildman–Crippen MR) is 187 cm³/mol. The smallest absolute Gasteiger partial charge is 0.330 e. The van der Waals surface area contributed by atoms with Crippen LogP contribution in [0.25, 0.3) is 0 Å². The molecule has 4 unspecified atom stereocenters. The van der Waals surface area contributed by atoms with E-state index in [4.69, 9.17) is 18.9 Å². The van der Waals surface area contributed by atoms with E-state index in [2.05, 4.69) is 20.1 Å². The lowest BCUT2D eigenvalue weighted by Crippen LogP contribution is -2.28. The third-order valence-corrected chi connectivity index (χ3v) is 15.8. The molecule has 1 aromatic carbocycles. The number of thioether (sulfide) groups is 6. The molecule has 2 heterocycles. The highest BCUT2D eigenvalue weighted by Crippen LogP contribution is 2.39. The average Bonchev–Trinajstić information content (AvgIpc) is 3.73. The summed E-state index contributed by atoms with van der Waals surface area (Å²) < 4.78 is 24.4. The van der Waals surface area contributed by atoms with E-state index in [1.54, 1.807) is 11.8 Å². The van der Waals surface area contributed by atoms with Crippen molar-refractivity contribution in [3.63, 3.8) is 0 Å². The molecule has 0 amide bonds. The van der Waals surface area contributed by atoms with Gasteiger partial charge in [-0.05, 0) is 30.2 Å². The van der Waals surface area contributed by atoms with E-state index in [0.29, 0.717) is 40.0 Å². The number of carbonyl (C=O) groups excluding carboxylic acids is 2. The number of rotatable bonds is 20. The second-order valence-corrected chi connectivity index (χ2v) is 17.9. The summed E-state index contributed by atoms with van der Waals surface area (Å²) >= 11 is 11.6. The number of hydrogen-bond acceptors (Lipinski definition) is 12. The molecule has 0 aromatic heterocycles. The number of carbonyl (C=O) groups is 2. The fraction of sp³-hybridized carbons (Fsp3) is 0.600. The third kappa shape index (κ3) is 13.7. The minimum absolute atomic E-state index is 0.269. The van der Waals surface area contributed by atoms with Crippen molar-refractivity contribution < 1.29 is 28.5 Å². The Hall–Kier alpha value is -0.340. The summed E-state index contributed by atoms with van der Waals surface area (Å²) in [6, 6.07) is 8.09. The monoisotopic (exact) mass is 690 g/mol. The molecule has 2 aliphatic rings. The van der Waals surface area contributed by atoms with Gasteiger partial charge in [-0.3, -0.25) is 0 Å². The zero-order chi connectivity index (χ0) is 30.2. The summed E-state index contributed by atoms with van der Waals surface area (Å²) in [4.78, 5) is 23.7. The number of benzene rings is 1. The van der Waals surface area contributed by atoms with E-state index in [-0.39, 0.29) is 11.5 Å². The molecule has 0 bridgehead atoms. The van der Waals surface area contributed by atoms with Crippen molar-refractivity contribution in [3.8, 4) is 0 Å². The molecule has 0 saturated carbocycles. The fourth-order valence-electron chi connectivity index (χ4n) is 3.99. The molecule has 0 spiro atoms. The highest BCUT2D eigenvalue weighted by Gasteiger charge is 2.26. The van der Waals surface area contributed by atoms with E-state index < -0.39 is 18.0 Å². The molecule has 42 heavy (non-hydrogen) atoms. The Kier molecular flexibility index (Phi) is 17.8. The van der Waals surface area contributed by atoms with Crippen LogP contribution in [0.4, 0.5) is 0 Å². The lowest BCUT2D eigenvalue weighted by molar-refractivity contribution is -0.146. The van der Waals surface area contributed by atoms with E-state index in [1.165, 1.54) is 35.2 Å². The van der Waals surface area contributed by atoms with Crippen LogP contribution >= 0.6 is 70.6 Å². The van der Waals surface area contributed by atoms with Crippen molar-refractivity contribution in [1.82, 2.24) is 0 Å². The SMILES string of the molecule is C=CC(=O)OC(COCc1ccc(COC(SCCC2SCCS2)C(C)OC(=O)C=C)cc1)CSC(C)C1SCCS1. The topological polar surface area (TPSA) is 71.1 Å². The molecule has 4 atom stereocenters. The number of hydrogen-bond donors (Lipinski definition) is 0. The summed E-state index contributed by atoms with van der Waals surface area (Å²) in [5, 5.41) is 0.475. The van der Waals surface area contributed by atoms with Crippen LogP contribution in [0.5, 0.6) is 0 Å². The van der Waals surface area contributed by atoms with Crippen LogP contribution in [0, 0.1) is 0 Å². The molecule has 1 aromatic rings. The van der Waals surface area contributed by atoms with Crippen molar-refractivity contribution in [3.05, 3.63) is 60.7 Å². The largest absolute Gasteiger partial charge is 0.456 e. The number of esters is 2. The van der Waals surface area contributed by atoms with Gasteiger partial charge in [0, 0.05) is 46.2 Å². The maximum Gasteiger partial charge on any atom is 0.330 e. The van der Waals surface area contributed by atoms with Crippen LogP contribution in [0.3, 0.4) is 0 Å². The first kappa shape index (κ1) is 36.1. The van der Waals surface area contributed by atoms with Crippen molar-refractivity contribution >= 4 is 82.5 Å². The second-order valence-electron chi connectivity index (χ2n) is 9.60. The molecule has 6 nitrogen and oxygen atoms in total. The molecule has 2 fully saturated rings. The highest BCUT2D eigenvalue weighted by molar-refractivity contribution is 8.21. The highest BCUT2D eigenvalue weighted by atomic mass is 32.2. The molecular formula is C30H42O6S6. The first-order chi connectivity index (χ1) is 20.4. The Labute approximate surface area is 276 Å². The lowest BCUT2D eigenvalue weighted by Gasteiger charge is -2.24. The Morgan fingerprint density at radius 1 is 0.905 bits per heavy atom. The first-order valence-corrected chi connectivity index (χ1v) is 20.3. The van der Waals surface area contributed by atoms with E-state index in [1.807, 2.05) is 90.0 Å². The summed E-state index contributed by atoms with van der Waals surface area (Å²) in [7, 11) is 0. The molecule has 3 rings (SSSR count).